The molecular weight excluding hydrogens is 372 g/mol. The Morgan fingerprint density at radius 1 is 1.21 bits per heavy atom. The topological polar surface area (TPSA) is 58.6 Å². The van der Waals surface area contributed by atoms with E-state index in [1.807, 2.05) is 29.6 Å². The molecule has 6 heteroatoms. The summed E-state index contributed by atoms with van der Waals surface area (Å²) >= 11 is 1.42. The van der Waals surface area contributed by atoms with E-state index < -0.39 is 0 Å². The number of rotatable bonds is 8. The molecule has 2 unspecified atom stereocenters. The van der Waals surface area contributed by atoms with Gasteiger partial charge in [0.25, 0.3) is 0 Å². The lowest BCUT2D eigenvalue weighted by Crippen LogP contribution is -2.41. The van der Waals surface area contributed by atoms with Crippen LogP contribution in [-0.4, -0.2) is 43.8 Å². The summed E-state index contributed by atoms with van der Waals surface area (Å²) in [6, 6.07) is 12.1. The first-order valence-corrected chi connectivity index (χ1v) is 10.6. The Balaban J connectivity index is 1.54. The summed E-state index contributed by atoms with van der Waals surface area (Å²) in [6.07, 6.45) is 2.71. The van der Waals surface area contributed by atoms with Crippen LogP contribution >= 0.6 is 11.3 Å². The van der Waals surface area contributed by atoms with Gasteiger partial charge in [0.2, 0.25) is 5.91 Å². The first kappa shape index (κ1) is 20.6. The van der Waals surface area contributed by atoms with Crippen molar-refractivity contribution in [3.8, 4) is 5.75 Å². The number of benzene rings is 1. The van der Waals surface area contributed by atoms with E-state index in [2.05, 4.69) is 29.4 Å². The Morgan fingerprint density at radius 3 is 2.68 bits per heavy atom. The summed E-state index contributed by atoms with van der Waals surface area (Å²) in [5.41, 5.74) is 1.25. The van der Waals surface area contributed by atoms with E-state index in [-0.39, 0.29) is 30.6 Å². The van der Waals surface area contributed by atoms with E-state index >= 15 is 0 Å². The van der Waals surface area contributed by atoms with E-state index in [9.17, 15) is 9.59 Å². The van der Waals surface area contributed by atoms with Crippen molar-refractivity contribution < 1.29 is 14.3 Å². The van der Waals surface area contributed by atoms with Crippen LogP contribution in [0.2, 0.25) is 0 Å². The molecule has 2 aromatic rings. The van der Waals surface area contributed by atoms with Crippen molar-refractivity contribution in [3.05, 3.63) is 52.2 Å². The molecule has 1 aliphatic rings. The Bertz CT molecular complexity index is 774. The SMILES string of the molecule is COc1ccc(C2C(CNC(=O)CCC(=O)c3cccs3)CCCN2C)cc1. The second-order valence-electron chi connectivity index (χ2n) is 7.31. The Morgan fingerprint density at radius 2 is 2.00 bits per heavy atom. The van der Waals surface area contributed by atoms with Crippen LogP contribution in [0.3, 0.4) is 0 Å². The highest BCUT2D eigenvalue weighted by molar-refractivity contribution is 7.12. The number of methoxy groups -OCH3 is 1. The number of ether oxygens (including phenoxy) is 1. The third-order valence-electron chi connectivity index (χ3n) is 5.40. The second-order valence-corrected chi connectivity index (χ2v) is 8.25. The van der Waals surface area contributed by atoms with Crippen LogP contribution < -0.4 is 10.1 Å². The van der Waals surface area contributed by atoms with Crippen LogP contribution in [0.4, 0.5) is 0 Å². The summed E-state index contributed by atoms with van der Waals surface area (Å²) in [7, 11) is 3.81. The molecule has 1 fully saturated rings. The molecule has 5 nitrogen and oxygen atoms in total. The van der Waals surface area contributed by atoms with Crippen molar-refractivity contribution >= 4 is 23.0 Å². The fourth-order valence-electron chi connectivity index (χ4n) is 3.92. The van der Waals surface area contributed by atoms with Gasteiger partial charge in [-0.3, -0.25) is 14.5 Å². The van der Waals surface area contributed by atoms with Crippen molar-refractivity contribution in [1.29, 1.82) is 0 Å². The summed E-state index contributed by atoms with van der Waals surface area (Å²) in [6.45, 7) is 1.68. The molecule has 1 N–H and O–H groups in total. The van der Waals surface area contributed by atoms with Crippen LogP contribution in [0.15, 0.2) is 41.8 Å². The smallest absolute Gasteiger partial charge is 0.220 e. The van der Waals surface area contributed by atoms with E-state index in [1.165, 1.54) is 16.9 Å². The van der Waals surface area contributed by atoms with Gasteiger partial charge in [-0.25, -0.2) is 0 Å². The van der Waals surface area contributed by atoms with Gasteiger partial charge in [0.05, 0.1) is 12.0 Å². The number of carbonyl (C=O) groups is 2. The monoisotopic (exact) mass is 400 g/mol. The maximum atomic E-state index is 12.3. The summed E-state index contributed by atoms with van der Waals surface area (Å²) in [4.78, 5) is 27.4. The van der Waals surface area contributed by atoms with Crippen molar-refractivity contribution in [2.75, 3.05) is 27.2 Å². The molecule has 0 saturated carbocycles. The summed E-state index contributed by atoms with van der Waals surface area (Å²) in [5.74, 6) is 1.19. The third kappa shape index (κ3) is 5.20. The summed E-state index contributed by atoms with van der Waals surface area (Å²) < 4.78 is 5.26. The highest BCUT2D eigenvalue weighted by Gasteiger charge is 2.30. The lowest BCUT2D eigenvalue weighted by atomic mass is 9.85. The quantitative estimate of drug-likeness (QED) is 0.683. The average Bonchev–Trinajstić information content (AvgIpc) is 3.25. The predicted octanol–water partition coefficient (Wildman–Crippen LogP) is 3.92. The van der Waals surface area contributed by atoms with Gasteiger partial charge in [0.15, 0.2) is 5.78 Å². The third-order valence-corrected chi connectivity index (χ3v) is 6.31. The van der Waals surface area contributed by atoms with Crippen LogP contribution in [0.5, 0.6) is 5.75 Å². The Hall–Kier alpha value is -2.18. The van der Waals surface area contributed by atoms with E-state index in [4.69, 9.17) is 4.74 Å². The van der Waals surface area contributed by atoms with Gasteiger partial charge in [-0.15, -0.1) is 11.3 Å². The van der Waals surface area contributed by atoms with E-state index in [1.54, 1.807) is 7.11 Å². The number of nitrogens with zero attached hydrogens (tertiary/aromatic N) is 1. The van der Waals surface area contributed by atoms with Gasteiger partial charge in [-0.05, 0) is 61.5 Å². The highest BCUT2D eigenvalue weighted by Crippen LogP contribution is 2.35. The molecule has 2 heterocycles. The largest absolute Gasteiger partial charge is 0.497 e. The van der Waals surface area contributed by atoms with Crippen molar-refractivity contribution in [2.45, 2.75) is 31.7 Å². The van der Waals surface area contributed by atoms with E-state index in [0.29, 0.717) is 12.5 Å². The van der Waals surface area contributed by atoms with Gasteiger partial charge in [-0.1, -0.05) is 18.2 Å². The van der Waals surface area contributed by atoms with Gasteiger partial charge >= 0.3 is 0 Å². The molecule has 2 atom stereocenters. The molecule has 1 aromatic carbocycles. The van der Waals surface area contributed by atoms with Gasteiger partial charge < -0.3 is 10.1 Å². The number of ketones is 1. The number of amides is 1. The van der Waals surface area contributed by atoms with Crippen LogP contribution in [0.25, 0.3) is 0 Å². The molecule has 1 aromatic heterocycles. The minimum absolute atomic E-state index is 0.0404. The maximum Gasteiger partial charge on any atom is 0.220 e. The molecule has 0 bridgehead atoms. The molecule has 0 aliphatic carbocycles. The fraction of sp³-hybridized carbons (Fsp3) is 0.455. The molecule has 150 valence electrons. The lowest BCUT2D eigenvalue weighted by Gasteiger charge is -2.39. The second kappa shape index (κ2) is 9.85. The standard InChI is InChI=1S/C22H28N2O3S/c1-24-13-3-5-17(22(24)16-7-9-18(27-2)10-8-16)15-23-21(26)12-11-19(25)20-6-4-14-28-20/h4,6-10,14,17,22H,3,5,11-13,15H2,1-2H3,(H,23,26). The number of hydrogen-bond donors (Lipinski definition) is 1. The van der Waals surface area contributed by atoms with Crippen LogP contribution in [-0.2, 0) is 4.79 Å². The molecule has 3 rings (SSSR count). The Labute approximate surface area is 170 Å². The molecule has 1 amide bonds. The number of piperidine rings is 1. The molecule has 1 aliphatic heterocycles. The molecule has 1 saturated heterocycles. The first-order valence-electron chi connectivity index (χ1n) is 9.76. The highest BCUT2D eigenvalue weighted by atomic mass is 32.1. The first-order chi connectivity index (χ1) is 13.6. The van der Waals surface area contributed by atoms with Crippen LogP contribution in [0, 0.1) is 5.92 Å². The van der Waals surface area contributed by atoms with E-state index in [0.717, 1.165) is 30.0 Å². The molecule has 28 heavy (non-hydrogen) atoms. The van der Waals surface area contributed by atoms with Crippen LogP contribution in [0.1, 0.15) is 47.0 Å². The normalized spacial score (nSPS) is 19.9. The van der Waals surface area contributed by atoms with Gasteiger partial charge in [0, 0.05) is 25.4 Å². The molecular formula is C22H28N2O3S. The van der Waals surface area contributed by atoms with Crippen molar-refractivity contribution in [3.63, 3.8) is 0 Å². The molecule has 0 radical (unpaired) electrons. The zero-order valence-corrected chi connectivity index (χ0v) is 17.3. The fourth-order valence-corrected chi connectivity index (χ4v) is 4.62. The lowest BCUT2D eigenvalue weighted by molar-refractivity contribution is -0.121. The number of thiophene rings is 1. The van der Waals surface area contributed by atoms with Crippen molar-refractivity contribution in [1.82, 2.24) is 10.2 Å². The number of hydrogen-bond acceptors (Lipinski definition) is 5. The minimum Gasteiger partial charge on any atom is -0.497 e. The maximum absolute atomic E-state index is 12.3. The zero-order valence-electron chi connectivity index (χ0n) is 16.5. The minimum atomic E-state index is -0.0494. The van der Waals surface area contributed by atoms with Crippen molar-refractivity contribution in [2.24, 2.45) is 5.92 Å². The molecule has 0 spiro atoms. The van der Waals surface area contributed by atoms with Gasteiger partial charge in [-0.2, -0.15) is 0 Å². The van der Waals surface area contributed by atoms with Gasteiger partial charge in [0.1, 0.15) is 5.75 Å². The Kier molecular flexibility index (Phi) is 7.23. The summed E-state index contributed by atoms with van der Waals surface area (Å²) in [5, 5.41) is 4.94. The number of Topliss-reactive ketones (excluding diaryl/α,β-unsaturated/α-hetero) is 1. The number of likely N-dealkylation sites (tertiary alicyclic amines) is 1. The number of nitrogens with one attached hydrogen (secondary N) is 1. The average molecular weight is 401 g/mol. The number of carbonyl (C=O) groups excluding carboxylic acids is 2. The zero-order chi connectivity index (χ0) is 19.9. The predicted molar refractivity (Wildman–Crippen MR) is 112 cm³/mol.